The third-order valence-electron chi connectivity index (χ3n) is 3.68. The molecule has 0 aliphatic heterocycles. The largest absolute Gasteiger partial charge is 0.393 e. The van der Waals surface area contributed by atoms with Crippen LogP contribution in [0.15, 0.2) is 0 Å². The second kappa shape index (κ2) is 11.9. The Morgan fingerprint density at radius 2 is 1.43 bits per heavy atom. The van der Waals surface area contributed by atoms with Gasteiger partial charge in [-0.2, -0.15) is 12.6 Å². The van der Waals surface area contributed by atoms with Crippen LogP contribution in [-0.2, 0) is 8.85 Å². The van der Waals surface area contributed by atoms with Gasteiger partial charge in [-0.1, -0.05) is 13.8 Å². The highest BCUT2D eigenvalue weighted by Crippen LogP contribution is 2.24. The number of nitrogens with zero attached hydrogens (tertiary/aromatic N) is 2. The predicted molar refractivity (Wildman–Crippen MR) is 97.7 cm³/mol. The Morgan fingerprint density at radius 3 is 1.76 bits per heavy atom. The summed E-state index contributed by atoms with van der Waals surface area (Å²) in [7, 11) is 6.22. The fourth-order valence-electron chi connectivity index (χ4n) is 1.99. The van der Waals surface area contributed by atoms with Gasteiger partial charge in [-0.05, 0) is 53.1 Å². The van der Waals surface area contributed by atoms with Gasteiger partial charge in [-0.15, -0.1) is 0 Å². The van der Waals surface area contributed by atoms with Crippen LogP contribution in [0.2, 0.25) is 12.1 Å². The van der Waals surface area contributed by atoms with Gasteiger partial charge in [0.2, 0.25) is 0 Å². The number of likely N-dealkylation sites (N-methyl/N-ethyl adjacent to an activating group) is 2. The van der Waals surface area contributed by atoms with Crippen LogP contribution in [0.25, 0.3) is 0 Å². The molecule has 0 aliphatic rings. The number of thiol groups is 1. The average molecular weight is 337 g/mol. The molecule has 0 amide bonds. The van der Waals surface area contributed by atoms with E-state index in [1.165, 1.54) is 0 Å². The van der Waals surface area contributed by atoms with Crippen LogP contribution >= 0.6 is 12.6 Å². The summed E-state index contributed by atoms with van der Waals surface area (Å²) in [6, 6.07) is 2.06. The first kappa shape index (κ1) is 21.4. The Kier molecular flexibility index (Phi) is 12.1. The van der Waals surface area contributed by atoms with Crippen LogP contribution in [0.1, 0.15) is 26.7 Å². The Labute approximate surface area is 138 Å². The van der Waals surface area contributed by atoms with Crippen molar-refractivity contribution < 1.29 is 8.85 Å². The molecule has 0 spiro atoms. The van der Waals surface area contributed by atoms with Gasteiger partial charge in [-0.25, -0.2) is 0 Å². The topological polar surface area (TPSA) is 24.9 Å². The lowest BCUT2D eigenvalue weighted by molar-refractivity contribution is 0.145. The summed E-state index contributed by atoms with van der Waals surface area (Å²) < 4.78 is 12.6. The second-order valence-corrected chi connectivity index (χ2v) is 10.5. The van der Waals surface area contributed by atoms with Crippen LogP contribution in [-0.4, -0.2) is 78.1 Å². The van der Waals surface area contributed by atoms with Crippen molar-refractivity contribution in [3.8, 4) is 0 Å². The zero-order valence-corrected chi connectivity index (χ0v) is 16.8. The molecule has 0 bridgehead atoms. The van der Waals surface area contributed by atoms with Gasteiger partial charge in [0.05, 0.1) is 0 Å². The zero-order chi connectivity index (χ0) is 16.3. The molecule has 0 saturated carbocycles. The minimum Gasteiger partial charge on any atom is -0.393 e. The van der Waals surface area contributed by atoms with Crippen molar-refractivity contribution in [2.24, 2.45) is 0 Å². The van der Waals surface area contributed by atoms with E-state index in [9.17, 15) is 0 Å². The lowest BCUT2D eigenvalue weighted by Gasteiger charge is -2.31. The quantitative estimate of drug-likeness (QED) is 0.413. The van der Waals surface area contributed by atoms with Gasteiger partial charge in [0.1, 0.15) is 0 Å². The molecule has 0 rings (SSSR count). The predicted octanol–water partition coefficient (Wildman–Crippen LogP) is 2.70. The van der Waals surface area contributed by atoms with Crippen molar-refractivity contribution >= 4 is 21.2 Å². The van der Waals surface area contributed by atoms with Crippen molar-refractivity contribution in [3.63, 3.8) is 0 Å². The van der Waals surface area contributed by atoms with Crippen molar-refractivity contribution in [1.82, 2.24) is 9.80 Å². The first-order valence-corrected chi connectivity index (χ1v) is 10.9. The molecule has 0 aromatic rings. The van der Waals surface area contributed by atoms with E-state index in [0.29, 0.717) is 5.25 Å². The van der Waals surface area contributed by atoms with Crippen molar-refractivity contribution in [2.45, 2.75) is 44.0 Å². The summed E-state index contributed by atoms with van der Waals surface area (Å²) in [5, 5.41) is 0.457. The summed E-state index contributed by atoms with van der Waals surface area (Å²) >= 11 is 4.62. The molecule has 0 aromatic heterocycles. The van der Waals surface area contributed by atoms with Crippen molar-refractivity contribution in [1.29, 1.82) is 0 Å². The molecule has 0 aliphatic carbocycles. The van der Waals surface area contributed by atoms with Gasteiger partial charge < -0.3 is 18.7 Å². The van der Waals surface area contributed by atoms with Crippen LogP contribution in [0.4, 0.5) is 0 Å². The molecule has 4 nitrogen and oxygen atoms in total. The molecule has 1 atom stereocenters. The van der Waals surface area contributed by atoms with E-state index in [2.05, 4.69) is 64.5 Å². The second-order valence-electron chi connectivity index (χ2n) is 6.17. The maximum atomic E-state index is 6.29. The summed E-state index contributed by atoms with van der Waals surface area (Å²) in [4.78, 5) is 4.31. The van der Waals surface area contributed by atoms with Crippen molar-refractivity contribution in [2.75, 3.05) is 54.5 Å². The Balaban J connectivity index is 4.50. The van der Waals surface area contributed by atoms with E-state index < -0.39 is 8.56 Å². The Hall–Kier alpha value is 0.407. The number of hydrogen-bond acceptors (Lipinski definition) is 5. The van der Waals surface area contributed by atoms with Gasteiger partial charge in [-0.3, -0.25) is 0 Å². The molecule has 1 unspecified atom stereocenters. The molecule has 0 saturated heterocycles. The lowest BCUT2D eigenvalue weighted by Crippen LogP contribution is -2.44. The Bertz CT molecular complexity index is 242. The van der Waals surface area contributed by atoms with Gasteiger partial charge in [0, 0.05) is 31.6 Å². The van der Waals surface area contributed by atoms with E-state index in [4.69, 9.17) is 8.85 Å². The summed E-state index contributed by atoms with van der Waals surface area (Å²) in [5.74, 6) is 0. The first-order chi connectivity index (χ1) is 9.85. The molecule has 6 heteroatoms. The van der Waals surface area contributed by atoms with Gasteiger partial charge in [0.15, 0.2) is 0 Å². The number of hydrogen-bond donors (Lipinski definition) is 1. The minimum atomic E-state index is -2.08. The van der Waals surface area contributed by atoms with Crippen LogP contribution < -0.4 is 0 Å². The third-order valence-corrected chi connectivity index (χ3v) is 7.89. The molecule has 128 valence electrons. The zero-order valence-electron chi connectivity index (χ0n) is 14.9. The fourth-order valence-corrected chi connectivity index (χ4v) is 5.21. The standard InChI is InChI=1S/C15H36N2O2SSi/c1-7-15(20)9-14-21(8-2,18-12-10-16(3)4)19-13-11-17(5)6/h15,20H,7-14H2,1-6H3. The maximum Gasteiger partial charge on any atom is 0.337 e. The average Bonchev–Trinajstić information content (AvgIpc) is 2.43. The van der Waals surface area contributed by atoms with E-state index in [-0.39, 0.29) is 0 Å². The highest BCUT2D eigenvalue weighted by atomic mass is 32.1. The van der Waals surface area contributed by atoms with Gasteiger partial charge >= 0.3 is 8.56 Å². The molecular weight excluding hydrogens is 300 g/mol. The van der Waals surface area contributed by atoms with E-state index in [1.54, 1.807) is 0 Å². The smallest absolute Gasteiger partial charge is 0.337 e. The molecule has 0 fully saturated rings. The highest BCUT2D eigenvalue weighted by Gasteiger charge is 2.35. The summed E-state index contributed by atoms with van der Waals surface area (Å²) in [5.41, 5.74) is 0. The fraction of sp³-hybridized carbons (Fsp3) is 1.00. The molecule has 0 aromatic carbocycles. The summed E-state index contributed by atoms with van der Waals surface area (Å²) in [6.45, 7) is 7.81. The highest BCUT2D eigenvalue weighted by molar-refractivity contribution is 7.80. The third kappa shape index (κ3) is 10.7. The SMILES string of the molecule is CCC(S)CC[Si](CC)(OCCN(C)C)OCCN(C)C. The van der Waals surface area contributed by atoms with E-state index in [1.807, 2.05) is 0 Å². The van der Waals surface area contributed by atoms with E-state index in [0.717, 1.165) is 51.2 Å². The molecule has 0 heterocycles. The first-order valence-electron chi connectivity index (χ1n) is 8.10. The van der Waals surface area contributed by atoms with Gasteiger partial charge in [0.25, 0.3) is 0 Å². The van der Waals surface area contributed by atoms with E-state index >= 15 is 0 Å². The molecule has 0 radical (unpaired) electrons. The minimum absolute atomic E-state index is 0.457. The molecule has 0 N–H and O–H groups in total. The normalized spacial score (nSPS) is 14.1. The van der Waals surface area contributed by atoms with Crippen LogP contribution in [0.3, 0.4) is 0 Å². The molecular formula is C15H36N2O2SSi. The monoisotopic (exact) mass is 336 g/mol. The number of rotatable bonds is 13. The van der Waals surface area contributed by atoms with Crippen molar-refractivity contribution in [3.05, 3.63) is 0 Å². The van der Waals surface area contributed by atoms with Crippen LogP contribution in [0, 0.1) is 0 Å². The Morgan fingerprint density at radius 1 is 0.952 bits per heavy atom. The lowest BCUT2D eigenvalue weighted by atomic mass is 10.3. The summed E-state index contributed by atoms with van der Waals surface area (Å²) in [6.07, 6.45) is 2.19. The maximum absolute atomic E-state index is 6.29. The molecule has 21 heavy (non-hydrogen) atoms. The van der Waals surface area contributed by atoms with Crippen LogP contribution in [0.5, 0.6) is 0 Å².